The van der Waals surface area contributed by atoms with Gasteiger partial charge in [-0.15, -0.1) is 0 Å². The Balaban J connectivity index is 2.03. The molecule has 0 unspecified atom stereocenters. The van der Waals surface area contributed by atoms with Gasteiger partial charge in [-0.3, -0.25) is 0 Å². The molecule has 126 valence electrons. The predicted octanol–water partition coefficient (Wildman–Crippen LogP) is 2.66. The molecule has 0 saturated carbocycles. The van der Waals surface area contributed by atoms with Gasteiger partial charge in [0.25, 0.3) is 0 Å². The van der Waals surface area contributed by atoms with Crippen molar-refractivity contribution in [3.63, 3.8) is 0 Å². The molecule has 0 aliphatic heterocycles. The van der Waals surface area contributed by atoms with E-state index < -0.39 is 0 Å². The third kappa shape index (κ3) is 1.85. The molecule has 0 N–H and O–H groups in total. The number of hydrogen-bond donors (Lipinski definition) is 0. The maximum absolute atomic E-state index is 4.22. The van der Waals surface area contributed by atoms with Crippen LogP contribution in [0.5, 0.6) is 0 Å². The molecule has 0 radical (unpaired) electrons. The molecule has 0 saturated heterocycles. The number of benzene rings is 3. The van der Waals surface area contributed by atoms with Crippen LogP contribution in [0.25, 0.3) is 16.7 Å². The Morgan fingerprint density at radius 1 is 0.667 bits per heavy atom. The molecule has 3 aromatic carbocycles. The molecule has 0 heterocycles. The fourth-order valence-electron chi connectivity index (χ4n) is 5.16. The molecule has 5 rings (SSSR count). The van der Waals surface area contributed by atoms with Crippen molar-refractivity contribution >= 4 is 32.2 Å². The smallest absolute Gasteiger partial charge is 0.0987 e. The van der Waals surface area contributed by atoms with Gasteiger partial charge in [0.2, 0.25) is 0 Å². The second kappa shape index (κ2) is 5.50. The van der Waals surface area contributed by atoms with E-state index in [2.05, 4.69) is 89.5 Å². The minimum Gasteiger partial charge on any atom is -0.0987 e. The van der Waals surface area contributed by atoms with Crippen LogP contribution < -0.4 is 10.9 Å². The maximum Gasteiger partial charge on any atom is 0.139 e. The third-order valence-electron chi connectivity index (χ3n) is 6.17. The lowest BCUT2D eigenvalue weighted by atomic mass is 9.69. The average molecular weight is 342 g/mol. The Morgan fingerprint density at radius 2 is 1.22 bits per heavy atom. The van der Waals surface area contributed by atoms with Crippen molar-refractivity contribution in [2.24, 2.45) is 0 Å². The number of allylic oxidation sites excluding steroid dienone is 4. The van der Waals surface area contributed by atoms with Gasteiger partial charge in [-0.2, -0.15) is 0 Å². The summed E-state index contributed by atoms with van der Waals surface area (Å²) < 4.78 is 0. The van der Waals surface area contributed by atoms with Crippen molar-refractivity contribution in [2.45, 2.75) is 5.41 Å². The molecule has 0 aromatic heterocycles. The summed E-state index contributed by atoms with van der Waals surface area (Å²) in [6.45, 7) is 8.35. The Morgan fingerprint density at radius 3 is 1.78 bits per heavy atom. The summed E-state index contributed by atoms with van der Waals surface area (Å²) in [6.07, 6.45) is 4.03. The maximum atomic E-state index is 4.22. The summed E-state index contributed by atoms with van der Waals surface area (Å²) in [5.74, 6) is 0. The molecular weight excluding hydrogens is 322 g/mol. The van der Waals surface area contributed by atoms with Gasteiger partial charge in [0.15, 0.2) is 0 Å². The van der Waals surface area contributed by atoms with Gasteiger partial charge in [0, 0.05) is 0 Å². The molecule has 0 bridgehead atoms. The van der Waals surface area contributed by atoms with Gasteiger partial charge >= 0.3 is 0 Å². The fraction of sp³-hybridized carbons (Fsp3) is 0.0400. The molecule has 0 fully saturated rings. The van der Waals surface area contributed by atoms with Crippen LogP contribution in [-0.2, 0) is 5.41 Å². The van der Waals surface area contributed by atoms with Crippen molar-refractivity contribution in [1.82, 2.24) is 0 Å². The molecule has 3 aromatic rings. The lowest BCUT2D eigenvalue weighted by Crippen LogP contribution is -2.27. The quantitative estimate of drug-likeness (QED) is 0.629. The van der Waals surface area contributed by atoms with E-state index in [0.29, 0.717) is 0 Å². The largest absolute Gasteiger partial charge is 0.139 e. The van der Waals surface area contributed by atoms with Gasteiger partial charge in [0.05, 0.1) is 5.41 Å². The molecule has 1 spiro atoms. The second-order valence-electron chi connectivity index (χ2n) is 7.63. The summed E-state index contributed by atoms with van der Waals surface area (Å²) in [4.78, 5) is 0. The summed E-state index contributed by atoms with van der Waals surface area (Å²) in [5, 5.41) is 0. The first-order valence-electron chi connectivity index (χ1n) is 9.45. The van der Waals surface area contributed by atoms with Gasteiger partial charge in [-0.1, -0.05) is 96.9 Å². The minimum absolute atomic E-state index is 0.298. The Bertz CT molecular complexity index is 1130. The van der Waals surface area contributed by atoms with Gasteiger partial charge in [-0.25, -0.2) is 0 Å². The zero-order valence-electron chi connectivity index (χ0n) is 15.8. The zero-order valence-corrected chi connectivity index (χ0v) is 15.8. The molecule has 27 heavy (non-hydrogen) atoms. The van der Waals surface area contributed by atoms with E-state index in [1.807, 2.05) is 12.2 Å². The molecule has 0 atom stereocenters. The van der Waals surface area contributed by atoms with Crippen LogP contribution in [0.2, 0.25) is 0 Å². The highest BCUT2D eigenvalue weighted by molar-refractivity contribution is 6.33. The van der Waals surface area contributed by atoms with Gasteiger partial charge in [-0.05, 0) is 44.5 Å². The van der Waals surface area contributed by atoms with Gasteiger partial charge in [0.1, 0.15) is 15.7 Å². The summed E-state index contributed by atoms with van der Waals surface area (Å²) in [5.41, 5.74) is 12.7. The van der Waals surface area contributed by atoms with E-state index in [0.717, 1.165) is 0 Å². The lowest BCUT2D eigenvalue weighted by Gasteiger charge is -2.31. The van der Waals surface area contributed by atoms with Crippen LogP contribution in [0.15, 0.2) is 91.5 Å². The summed E-state index contributed by atoms with van der Waals surface area (Å²) in [7, 11) is 4.34. The van der Waals surface area contributed by atoms with Crippen molar-refractivity contribution in [1.29, 1.82) is 0 Å². The Hall–Kier alpha value is -2.99. The van der Waals surface area contributed by atoms with E-state index in [4.69, 9.17) is 0 Å². The van der Waals surface area contributed by atoms with E-state index in [9.17, 15) is 0 Å². The summed E-state index contributed by atoms with van der Waals surface area (Å²) in [6, 6.07) is 22.5. The van der Waals surface area contributed by atoms with Crippen LogP contribution in [0, 0.1) is 0 Å². The molecule has 0 nitrogen and oxygen atoms in total. The van der Waals surface area contributed by atoms with Crippen LogP contribution in [0.3, 0.4) is 0 Å². The second-order valence-corrected chi connectivity index (χ2v) is 7.63. The van der Waals surface area contributed by atoms with Crippen LogP contribution in [0.1, 0.15) is 22.3 Å². The predicted molar refractivity (Wildman–Crippen MR) is 122 cm³/mol. The SMILES string of the molecule is Bc1ccc2c(c1)-c1cc(B)ccc1C21C(C=C)=C(C=C)c2ccccc21. The summed E-state index contributed by atoms with van der Waals surface area (Å²) >= 11 is 0. The van der Waals surface area contributed by atoms with E-state index in [1.54, 1.807) is 0 Å². The van der Waals surface area contributed by atoms with Crippen molar-refractivity contribution in [2.75, 3.05) is 0 Å². The fourth-order valence-corrected chi connectivity index (χ4v) is 5.16. The first-order valence-corrected chi connectivity index (χ1v) is 9.45. The van der Waals surface area contributed by atoms with Crippen molar-refractivity contribution in [3.8, 4) is 11.1 Å². The van der Waals surface area contributed by atoms with Gasteiger partial charge < -0.3 is 0 Å². The molecule has 2 heteroatoms. The highest BCUT2D eigenvalue weighted by atomic mass is 14.5. The Kier molecular flexibility index (Phi) is 3.30. The lowest BCUT2D eigenvalue weighted by molar-refractivity contribution is 0.787. The van der Waals surface area contributed by atoms with E-state index in [1.165, 1.54) is 55.5 Å². The molecule has 2 aliphatic rings. The molecule has 0 amide bonds. The standard InChI is InChI=1S/C25H20B2/c1-3-17-18-7-5-6-8-22(18)25(21(17)4-2)23-11-9-15(26)13-19(23)20-14-16(27)10-12-24(20)25/h3-14H,1-2,26-27H2. The van der Waals surface area contributed by atoms with Crippen LogP contribution in [0.4, 0.5) is 0 Å². The highest BCUT2D eigenvalue weighted by Crippen LogP contribution is 2.61. The van der Waals surface area contributed by atoms with Crippen LogP contribution >= 0.6 is 0 Å². The molecule has 2 aliphatic carbocycles. The number of rotatable bonds is 2. The third-order valence-corrected chi connectivity index (χ3v) is 6.17. The van der Waals surface area contributed by atoms with Crippen molar-refractivity contribution in [3.05, 3.63) is 114 Å². The first-order chi connectivity index (χ1) is 13.1. The first kappa shape index (κ1) is 16.2. The van der Waals surface area contributed by atoms with Crippen LogP contribution in [-0.4, -0.2) is 15.7 Å². The minimum atomic E-state index is -0.298. The monoisotopic (exact) mass is 342 g/mol. The number of hydrogen-bond acceptors (Lipinski definition) is 0. The number of fused-ring (bicyclic) bond motifs is 7. The van der Waals surface area contributed by atoms with Crippen molar-refractivity contribution < 1.29 is 0 Å². The molecular formula is C25H20B2. The normalized spacial score (nSPS) is 15.4. The highest BCUT2D eigenvalue weighted by Gasteiger charge is 2.51. The van der Waals surface area contributed by atoms with E-state index >= 15 is 0 Å². The topological polar surface area (TPSA) is 0 Å². The van der Waals surface area contributed by atoms with E-state index in [-0.39, 0.29) is 5.41 Å². The average Bonchev–Trinajstić information content (AvgIpc) is 3.12. The zero-order chi connectivity index (χ0) is 18.8. The Labute approximate surface area is 162 Å².